The van der Waals surface area contributed by atoms with Crippen LogP contribution in [0.25, 0.3) is 0 Å². The van der Waals surface area contributed by atoms with Crippen molar-refractivity contribution in [3.05, 3.63) is 29.8 Å². The topological polar surface area (TPSA) is 68.2 Å². The Bertz CT molecular complexity index is 442. The molecule has 1 fully saturated rings. The van der Waals surface area contributed by atoms with Gasteiger partial charge in [0.1, 0.15) is 18.5 Å². The summed E-state index contributed by atoms with van der Waals surface area (Å²) in [5, 5.41) is 9.96. The number of morpholine rings is 1. The van der Waals surface area contributed by atoms with Gasteiger partial charge in [-0.2, -0.15) is 0 Å². The van der Waals surface area contributed by atoms with Crippen LogP contribution in [0.1, 0.15) is 10.4 Å². The fourth-order valence-electron chi connectivity index (χ4n) is 2.13. The lowest BCUT2D eigenvalue weighted by molar-refractivity contribution is 0.00464. The van der Waals surface area contributed by atoms with E-state index in [4.69, 9.17) is 9.47 Å². The minimum atomic E-state index is -0.552. The molecular formula is C15H21NO5. The highest BCUT2D eigenvalue weighted by Crippen LogP contribution is 2.13. The van der Waals surface area contributed by atoms with Crippen molar-refractivity contribution in [3.63, 3.8) is 0 Å². The van der Waals surface area contributed by atoms with Gasteiger partial charge in [-0.15, -0.1) is 0 Å². The molecule has 0 saturated carbocycles. The highest BCUT2D eigenvalue weighted by atomic mass is 16.5. The fraction of sp³-hybridized carbons (Fsp3) is 0.533. The van der Waals surface area contributed by atoms with Gasteiger partial charge >= 0.3 is 5.97 Å². The molecule has 0 bridgehead atoms. The van der Waals surface area contributed by atoms with E-state index in [0.717, 1.165) is 13.1 Å². The first-order chi connectivity index (χ1) is 10.2. The highest BCUT2D eigenvalue weighted by Gasteiger charge is 2.15. The molecular weight excluding hydrogens is 274 g/mol. The van der Waals surface area contributed by atoms with Gasteiger partial charge in [-0.05, 0) is 24.3 Å². The van der Waals surface area contributed by atoms with Gasteiger partial charge in [-0.3, -0.25) is 4.90 Å². The first kappa shape index (κ1) is 15.8. The number of aliphatic hydroxyl groups excluding tert-OH is 1. The first-order valence-electron chi connectivity index (χ1n) is 6.98. The average molecular weight is 295 g/mol. The van der Waals surface area contributed by atoms with E-state index in [2.05, 4.69) is 9.64 Å². The van der Waals surface area contributed by atoms with Gasteiger partial charge in [-0.1, -0.05) is 0 Å². The Morgan fingerprint density at radius 3 is 2.62 bits per heavy atom. The van der Waals surface area contributed by atoms with Crippen molar-refractivity contribution in [1.82, 2.24) is 4.90 Å². The van der Waals surface area contributed by atoms with Crippen molar-refractivity contribution in [2.75, 3.05) is 46.6 Å². The number of ether oxygens (including phenoxy) is 3. The van der Waals surface area contributed by atoms with Crippen LogP contribution in [0.4, 0.5) is 0 Å². The van der Waals surface area contributed by atoms with Gasteiger partial charge in [0.25, 0.3) is 0 Å². The van der Waals surface area contributed by atoms with E-state index in [9.17, 15) is 9.90 Å². The maximum Gasteiger partial charge on any atom is 0.337 e. The number of nitrogens with zero attached hydrogens (tertiary/aromatic N) is 1. The minimum absolute atomic E-state index is 0.217. The van der Waals surface area contributed by atoms with E-state index in [0.29, 0.717) is 31.1 Å². The Labute approximate surface area is 124 Å². The summed E-state index contributed by atoms with van der Waals surface area (Å²) in [6, 6.07) is 6.65. The van der Waals surface area contributed by atoms with Crippen LogP contribution in [0.2, 0.25) is 0 Å². The summed E-state index contributed by atoms with van der Waals surface area (Å²) in [4.78, 5) is 13.4. The molecule has 1 aromatic rings. The predicted octanol–water partition coefficient (Wildman–Crippen LogP) is 0.545. The van der Waals surface area contributed by atoms with Crippen LogP contribution in [0, 0.1) is 0 Å². The molecule has 0 spiro atoms. The van der Waals surface area contributed by atoms with Gasteiger partial charge in [0.05, 0.1) is 25.9 Å². The molecule has 0 aliphatic carbocycles. The molecule has 1 saturated heterocycles. The third-order valence-electron chi connectivity index (χ3n) is 3.29. The maximum absolute atomic E-state index is 11.3. The number of esters is 1. The number of carbonyl (C=O) groups excluding carboxylic acids is 1. The van der Waals surface area contributed by atoms with Crippen molar-refractivity contribution in [2.45, 2.75) is 6.10 Å². The van der Waals surface area contributed by atoms with E-state index in [1.54, 1.807) is 24.3 Å². The molecule has 1 aliphatic rings. The second kappa shape index (κ2) is 7.97. The van der Waals surface area contributed by atoms with Gasteiger partial charge in [-0.25, -0.2) is 4.79 Å². The zero-order valence-electron chi connectivity index (χ0n) is 12.2. The lowest BCUT2D eigenvalue weighted by Gasteiger charge is -2.28. The Morgan fingerprint density at radius 2 is 2.00 bits per heavy atom. The summed E-state index contributed by atoms with van der Waals surface area (Å²) in [6.45, 7) is 3.89. The van der Waals surface area contributed by atoms with E-state index < -0.39 is 6.10 Å². The molecule has 1 N–H and O–H groups in total. The smallest absolute Gasteiger partial charge is 0.337 e. The van der Waals surface area contributed by atoms with Crippen LogP contribution in [0.5, 0.6) is 5.75 Å². The normalized spacial score (nSPS) is 17.2. The summed E-state index contributed by atoms with van der Waals surface area (Å²) < 4.78 is 15.4. The fourth-order valence-corrected chi connectivity index (χ4v) is 2.13. The molecule has 2 rings (SSSR count). The number of benzene rings is 1. The largest absolute Gasteiger partial charge is 0.491 e. The molecule has 6 heteroatoms. The summed E-state index contributed by atoms with van der Waals surface area (Å²) in [6.07, 6.45) is -0.552. The summed E-state index contributed by atoms with van der Waals surface area (Å²) in [7, 11) is 1.34. The number of methoxy groups -OCH3 is 1. The molecule has 1 aliphatic heterocycles. The van der Waals surface area contributed by atoms with E-state index in [-0.39, 0.29) is 12.6 Å². The standard InChI is InChI=1S/C15H21NO5/c1-19-15(18)12-2-4-14(5-3-12)21-11-13(17)10-16-6-8-20-9-7-16/h2-5,13,17H,6-11H2,1H3/t13-/m0/s1. The molecule has 6 nitrogen and oxygen atoms in total. The number of carbonyl (C=O) groups is 1. The number of hydrogen-bond donors (Lipinski definition) is 1. The minimum Gasteiger partial charge on any atom is -0.491 e. The van der Waals surface area contributed by atoms with Crippen molar-refractivity contribution < 1.29 is 24.1 Å². The van der Waals surface area contributed by atoms with E-state index in [1.165, 1.54) is 7.11 Å². The van der Waals surface area contributed by atoms with Crippen molar-refractivity contribution >= 4 is 5.97 Å². The van der Waals surface area contributed by atoms with Gasteiger partial charge < -0.3 is 19.3 Å². The van der Waals surface area contributed by atoms with E-state index in [1.807, 2.05) is 0 Å². The molecule has 1 heterocycles. The summed E-state index contributed by atoms with van der Waals surface area (Å²) in [5.74, 6) is 0.234. The SMILES string of the molecule is COC(=O)c1ccc(OC[C@@H](O)CN2CCOCC2)cc1. The molecule has 1 atom stereocenters. The lowest BCUT2D eigenvalue weighted by atomic mass is 10.2. The van der Waals surface area contributed by atoms with Gasteiger partial charge in [0, 0.05) is 19.6 Å². The van der Waals surface area contributed by atoms with Gasteiger partial charge in [0.15, 0.2) is 0 Å². The molecule has 0 radical (unpaired) electrons. The predicted molar refractivity (Wildman–Crippen MR) is 76.5 cm³/mol. The Hall–Kier alpha value is -1.63. The monoisotopic (exact) mass is 295 g/mol. The third kappa shape index (κ3) is 5.00. The van der Waals surface area contributed by atoms with Crippen LogP contribution >= 0.6 is 0 Å². The first-order valence-corrected chi connectivity index (χ1v) is 6.98. The Balaban J connectivity index is 1.75. The molecule has 21 heavy (non-hydrogen) atoms. The zero-order valence-corrected chi connectivity index (χ0v) is 12.2. The number of β-amino-alcohol motifs (C(OH)–C–C–N with tert-alkyl or cyclic N) is 1. The summed E-state index contributed by atoms with van der Waals surface area (Å²) in [5.41, 5.74) is 0.471. The molecule has 0 unspecified atom stereocenters. The quantitative estimate of drug-likeness (QED) is 0.773. The van der Waals surface area contributed by atoms with Crippen LogP contribution in [0.3, 0.4) is 0 Å². The molecule has 116 valence electrons. The van der Waals surface area contributed by atoms with Crippen LogP contribution in [0.15, 0.2) is 24.3 Å². The van der Waals surface area contributed by atoms with Crippen LogP contribution < -0.4 is 4.74 Å². The molecule has 1 aromatic carbocycles. The highest BCUT2D eigenvalue weighted by molar-refractivity contribution is 5.89. The average Bonchev–Trinajstić information content (AvgIpc) is 2.53. The van der Waals surface area contributed by atoms with Crippen molar-refractivity contribution in [1.29, 1.82) is 0 Å². The second-order valence-corrected chi connectivity index (χ2v) is 4.89. The van der Waals surface area contributed by atoms with E-state index >= 15 is 0 Å². The lowest BCUT2D eigenvalue weighted by Crippen LogP contribution is -2.42. The number of hydrogen-bond acceptors (Lipinski definition) is 6. The number of aliphatic hydroxyl groups is 1. The van der Waals surface area contributed by atoms with Crippen molar-refractivity contribution in [3.8, 4) is 5.75 Å². The zero-order chi connectivity index (χ0) is 15.1. The summed E-state index contributed by atoms with van der Waals surface area (Å²) >= 11 is 0. The molecule has 0 amide bonds. The molecule has 0 aromatic heterocycles. The second-order valence-electron chi connectivity index (χ2n) is 4.89. The Kier molecular flexibility index (Phi) is 5.98. The van der Waals surface area contributed by atoms with Crippen LogP contribution in [-0.2, 0) is 9.47 Å². The van der Waals surface area contributed by atoms with Crippen molar-refractivity contribution in [2.24, 2.45) is 0 Å². The third-order valence-corrected chi connectivity index (χ3v) is 3.29. The Morgan fingerprint density at radius 1 is 1.33 bits per heavy atom. The number of rotatable bonds is 6. The maximum atomic E-state index is 11.3. The van der Waals surface area contributed by atoms with Crippen LogP contribution in [-0.4, -0.2) is 68.6 Å². The van der Waals surface area contributed by atoms with Gasteiger partial charge in [0.2, 0.25) is 0 Å².